The molecule has 6 rings (SSSR count). The van der Waals surface area contributed by atoms with Gasteiger partial charge in [0.15, 0.2) is 0 Å². The number of primary amides is 1. The number of nitrogens with two attached hydrogens (primary N) is 1. The van der Waals surface area contributed by atoms with E-state index < -0.39 is 11.2 Å². The van der Waals surface area contributed by atoms with Crippen molar-refractivity contribution in [3.05, 3.63) is 124 Å². The average molecular weight is 605 g/mol. The number of thioether (sulfide) groups is 1. The maximum absolute atomic E-state index is 13.8. The number of rotatable bonds is 8. The Kier molecular flexibility index (Phi) is 8.31. The fourth-order valence-corrected chi connectivity index (χ4v) is 7.56. The van der Waals surface area contributed by atoms with E-state index in [1.165, 1.54) is 23.1 Å². The van der Waals surface area contributed by atoms with E-state index in [0.29, 0.717) is 24.2 Å². The maximum Gasteiger partial charge on any atom is 0.248 e. The molecule has 9 heteroatoms. The molecular weight excluding hydrogens is 577 g/mol. The van der Waals surface area contributed by atoms with Crippen molar-refractivity contribution in [1.82, 2.24) is 10.3 Å². The monoisotopic (exact) mass is 604 g/mol. The van der Waals surface area contributed by atoms with E-state index in [1.54, 1.807) is 29.2 Å². The number of carbonyl (C=O) groups excluding carboxylic acids is 3. The normalized spacial score (nSPS) is 16.2. The standard InChI is InChI=1S/C34H28N4O3S2/c35-32(40)23-9-6-10-25(19-23)38-33(41)30(20-31(39)36-18-17-24-21-37-28-12-5-4-11-27(24)28)43-34(38)29-16-15-26(42-29)14-13-22-7-2-1-3-8-22/h1-12,15-16,19,21,30,34,37H,17-18,20H2,(H2,35,40)(H,36,39)/t30-,34-/m0/s1. The van der Waals surface area contributed by atoms with E-state index >= 15 is 0 Å². The Balaban J connectivity index is 1.19. The zero-order valence-corrected chi connectivity index (χ0v) is 24.7. The fraction of sp³-hybridized carbons (Fsp3) is 0.147. The van der Waals surface area contributed by atoms with Crippen molar-refractivity contribution in [3.63, 3.8) is 0 Å². The highest BCUT2D eigenvalue weighted by atomic mass is 32.2. The van der Waals surface area contributed by atoms with Crippen LogP contribution in [-0.2, 0) is 16.0 Å². The Labute approximate surface area is 257 Å². The van der Waals surface area contributed by atoms with Crippen molar-refractivity contribution < 1.29 is 14.4 Å². The lowest BCUT2D eigenvalue weighted by Crippen LogP contribution is -2.34. The third-order valence-corrected chi connectivity index (χ3v) is 9.81. The predicted octanol–water partition coefficient (Wildman–Crippen LogP) is 5.62. The van der Waals surface area contributed by atoms with Gasteiger partial charge in [0.2, 0.25) is 17.7 Å². The molecule has 1 aliphatic heterocycles. The van der Waals surface area contributed by atoms with Gasteiger partial charge in [-0.15, -0.1) is 23.1 Å². The van der Waals surface area contributed by atoms with Crippen molar-refractivity contribution in [1.29, 1.82) is 0 Å². The van der Waals surface area contributed by atoms with Gasteiger partial charge in [0.25, 0.3) is 0 Å². The van der Waals surface area contributed by atoms with Gasteiger partial charge in [0.1, 0.15) is 5.37 Å². The summed E-state index contributed by atoms with van der Waals surface area (Å²) in [5.74, 6) is 5.45. The number of nitrogens with zero attached hydrogens (tertiary/aromatic N) is 1. The second-order valence-corrected chi connectivity index (χ2v) is 12.5. The molecule has 3 heterocycles. The largest absolute Gasteiger partial charge is 0.366 e. The lowest BCUT2D eigenvalue weighted by atomic mass is 10.1. The number of anilines is 1. The number of thiophene rings is 1. The van der Waals surface area contributed by atoms with Crippen LogP contribution in [0.3, 0.4) is 0 Å². The molecule has 214 valence electrons. The lowest BCUT2D eigenvalue weighted by Gasteiger charge is -2.23. The van der Waals surface area contributed by atoms with Crippen molar-refractivity contribution in [2.75, 3.05) is 11.4 Å². The summed E-state index contributed by atoms with van der Waals surface area (Å²) in [5, 5.41) is 3.16. The molecule has 7 nitrogen and oxygen atoms in total. The van der Waals surface area contributed by atoms with E-state index in [1.807, 2.05) is 66.9 Å². The molecule has 3 amide bonds. The van der Waals surface area contributed by atoms with Crippen LogP contribution in [0.1, 0.15) is 43.0 Å². The Hall–Kier alpha value is -4.78. The first kappa shape index (κ1) is 28.3. The summed E-state index contributed by atoms with van der Waals surface area (Å²) in [5.41, 5.74) is 9.52. The van der Waals surface area contributed by atoms with Crippen molar-refractivity contribution >= 4 is 57.4 Å². The summed E-state index contributed by atoms with van der Waals surface area (Å²) in [7, 11) is 0. The van der Waals surface area contributed by atoms with E-state index in [2.05, 4.69) is 28.2 Å². The SMILES string of the molecule is NC(=O)c1cccc(N2C(=O)[C@H](CC(=O)NCCc3c[nH]c4ccccc34)S[C@H]2c2ccc(C#Cc3ccccc3)s2)c1. The minimum absolute atomic E-state index is 0.0476. The van der Waals surface area contributed by atoms with E-state index in [9.17, 15) is 14.4 Å². The third-order valence-electron chi connectivity index (χ3n) is 7.19. The van der Waals surface area contributed by atoms with Crippen molar-refractivity contribution in [2.24, 2.45) is 5.73 Å². The minimum Gasteiger partial charge on any atom is -0.366 e. The molecule has 1 fully saturated rings. The fourth-order valence-electron chi connectivity index (χ4n) is 5.07. The molecule has 1 aliphatic rings. The lowest BCUT2D eigenvalue weighted by molar-refractivity contribution is -0.124. The van der Waals surface area contributed by atoms with Gasteiger partial charge in [0.05, 0.1) is 10.1 Å². The number of aromatic amines is 1. The zero-order chi connectivity index (χ0) is 29.8. The van der Waals surface area contributed by atoms with Crippen LogP contribution in [0.25, 0.3) is 10.9 Å². The smallest absolute Gasteiger partial charge is 0.248 e. The first-order valence-corrected chi connectivity index (χ1v) is 15.6. The van der Waals surface area contributed by atoms with Gasteiger partial charge >= 0.3 is 0 Å². The zero-order valence-electron chi connectivity index (χ0n) is 23.1. The van der Waals surface area contributed by atoms with Gasteiger partial charge in [-0.3, -0.25) is 19.3 Å². The molecule has 0 saturated carbocycles. The van der Waals surface area contributed by atoms with Crippen LogP contribution in [0.2, 0.25) is 0 Å². The molecule has 43 heavy (non-hydrogen) atoms. The summed E-state index contributed by atoms with van der Waals surface area (Å²) in [4.78, 5) is 45.5. The summed E-state index contributed by atoms with van der Waals surface area (Å²) < 4.78 is 0. The van der Waals surface area contributed by atoms with Gasteiger partial charge in [-0.25, -0.2) is 0 Å². The second kappa shape index (κ2) is 12.6. The molecular formula is C34H28N4O3S2. The molecule has 5 aromatic rings. The summed E-state index contributed by atoms with van der Waals surface area (Å²) in [6, 6.07) is 28.5. The number of hydrogen-bond donors (Lipinski definition) is 3. The van der Waals surface area contributed by atoms with Crippen LogP contribution in [0, 0.1) is 11.8 Å². The first-order valence-electron chi connectivity index (χ1n) is 13.8. The van der Waals surface area contributed by atoms with Gasteiger partial charge in [-0.2, -0.15) is 0 Å². The number of benzene rings is 3. The molecule has 0 aliphatic carbocycles. The second-order valence-electron chi connectivity index (χ2n) is 10.1. The molecule has 2 aromatic heterocycles. The van der Waals surface area contributed by atoms with Crippen molar-refractivity contribution in [2.45, 2.75) is 23.5 Å². The summed E-state index contributed by atoms with van der Waals surface area (Å²) >= 11 is 2.95. The summed E-state index contributed by atoms with van der Waals surface area (Å²) in [6.07, 6.45) is 2.69. The quantitative estimate of drug-likeness (QED) is 0.200. The van der Waals surface area contributed by atoms with Crippen LogP contribution >= 0.6 is 23.1 Å². The summed E-state index contributed by atoms with van der Waals surface area (Å²) in [6.45, 7) is 0.467. The minimum atomic E-state index is -0.587. The third kappa shape index (κ3) is 6.36. The highest BCUT2D eigenvalue weighted by Crippen LogP contribution is 2.48. The molecule has 0 spiro atoms. The number of H-pyrrole nitrogens is 1. The number of aromatic nitrogens is 1. The Morgan fingerprint density at radius 2 is 1.77 bits per heavy atom. The molecule has 0 unspecified atom stereocenters. The van der Waals surface area contributed by atoms with Gasteiger partial charge in [-0.05, 0) is 60.5 Å². The average Bonchev–Trinajstić information content (AvgIpc) is 3.74. The Morgan fingerprint density at radius 3 is 2.60 bits per heavy atom. The molecule has 4 N–H and O–H groups in total. The van der Waals surface area contributed by atoms with Crippen LogP contribution in [0.4, 0.5) is 5.69 Å². The number of para-hydroxylation sites is 1. The van der Waals surface area contributed by atoms with Crippen LogP contribution < -0.4 is 16.0 Å². The number of hydrogen-bond acceptors (Lipinski definition) is 5. The molecule has 0 radical (unpaired) electrons. The van der Waals surface area contributed by atoms with Crippen LogP contribution in [-0.4, -0.2) is 34.5 Å². The van der Waals surface area contributed by atoms with Gasteiger partial charge in [0, 0.05) is 51.8 Å². The predicted molar refractivity (Wildman–Crippen MR) is 173 cm³/mol. The van der Waals surface area contributed by atoms with E-state index in [4.69, 9.17) is 5.73 Å². The highest BCUT2D eigenvalue weighted by Gasteiger charge is 2.43. The molecule has 3 aromatic carbocycles. The maximum atomic E-state index is 13.8. The molecule has 1 saturated heterocycles. The Bertz CT molecular complexity index is 1870. The first-order chi connectivity index (χ1) is 21.0. The number of nitrogens with one attached hydrogen (secondary N) is 2. The number of amides is 3. The number of carbonyl (C=O) groups is 3. The molecule has 2 atom stereocenters. The number of fused-ring (bicyclic) bond motifs is 1. The highest BCUT2D eigenvalue weighted by molar-refractivity contribution is 8.01. The van der Waals surface area contributed by atoms with E-state index in [-0.39, 0.29) is 23.6 Å². The Morgan fingerprint density at radius 1 is 0.953 bits per heavy atom. The van der Waals surface area contributed by atoms with E-state index in [0.717, 1.165) is 31.8 Å². The van der Waals surface area contributed by atoms with Crippen LogP contribution in [0.5, 0.6) is 0 Å². The molecule has 0 bridgehead atoms. The van der Waals surface area contributed by atoms with Gasteiger partial charge in [-0.1, -0.05) is 54.3 Å². The van der Waals surface area contributed by atoms with Crippen LogP contribution in [0.15, 0.2) is 97.2 Å². The topological polar surface area (TPSA) is 108 Å². The van der Waals surface area contributed by atoms with Crippen molar-refractivity contribution in [3.8, 4) is 11.8 Å². The van der Waals surface area contributed by atoms with Gasteiger partial charge < -0.3 is 16.0 Å².